The zero-order valence-corrected chi connectivity index (χ0v) is 11.5. The third-order valence-electron chi connectivity index (χ3n) is 2.53. The monoisotopic (exact) mass is 262 g/mol. The molecule has 1 aromatic carbocycles. The Morgan fingerprint density at radius 1 is 1.28 bits per heavy atom. The van der Waals surface area contributed by atoms with E-state index in [0.717, 1.165) is 18.0 Å². The van der Waals surface area contributed by atoms with Crippen molar-refractivity contribution >= 4 is 11.8 Å². The highest BCUT2D eigenvalue weighted by Gasteiger charge is 2.17. The number of benzene rings is 1. The molecular formula is C13H18N4S. The summed E-state index contributed by atoms with van der Waals surface area (Å²) in [5.74, 6) is 0.970. The van der Waals surface area contributed by atoms with E-state index in [1.165, 1.54) is 4.90 Å². The van der Waals surface area contributed by atoms with Crippen LogP contribution in [0.15, 0.2) is 41.4 Å². The van der Waals surface area contributed by atoms with E-state index in [0.29, 0.717) is 0 Å². The summed E-state index contributed by atoms with van der Waals surface area (Å²) in [6.07, 6.45) is 1.92. The Morgan fingerprint density at radius 2 is 2.00 bits per heavy atom. The fourth-order valence-electron chi connectivity index (χ4n) is 1.48. The lowest BCUT2D eigenvalue weighted by Gasteiger charge is -2.13. The van der Waals surface area contributed by atoms with Gasteiger partial charge in [-0.1, -0.05) is 23.4 Å². The molecular weight excluding hydrogens is 244 g/mol. The van der Waals surface area contributed by atoms with E-state index in [2.05, 4.69) is 22.4 Å². The van der Waals surface area contributed by atoms with E-state index in [1.807, 2.05) is 54.7 Å². The molecule has 0 spiro atoms. The Bertz CT molecular complexity index is 487. The lowest BCUT2D eigenvalue weighted by molar-refractivity contribution is 0.533. The quantitative estimate of drug-likeness (QED) is 0.840. The van der Waals surface area contributed by atoms with Gasteiger partial charge in [-0.3, -0.25) is 4.68 Å². The zero-order chi connectivity index (χ0) is 13.0. The molecule has 2 aromatic rings. The Kier molecular flexibility index (Phi) is 4.04. The van der Waals surface area contributed by atoms with Crippen LogP contribution in [-0.4, -0.2) is 20.7 Å². The lowest BCUT2D eigenvalue weighted by Crippen LogP contribution is -2.29. The molecule has 1 aromatic heterocycles. The fraction of sp³-hybridized carbons (Fsp3) is 0.385. The number of aryl methyl sites for hydroxylation is 1. The molecule has 0 fully saturated rings. The maximum absolute atomic E-state index is 5.97. The largest absolute Gasteiger partial charge is 0.320 e. The van der Waals surface area contributed by atoms with Gasteiger partial charge in [0.2, 0.25) is 0 Å². The minimum atomic E-state index is -0.426. The summed E-state index contributed by atoms with van der Waals surface area (Å²) >= 11 is 1.81. The summed E-state index contributed by atoms with van der Waals surface area (Å²) in [4.78, 5) is 1.27. The Balaban J connectivity index is 1.86. The maximum atomic E-state index is 5.97. The number of aromatic nitrogens is 3. The SMILES string of the molecule is CC(C)(N)c1cn(CCSc2ccccc2)nn1. The van der Waals surface area contributed by atoms with Gasteiger partial charge in [0.1, 0.15) is 5.69 Å². The van der Waals surface area contributed by atoms with Gasteiger partial charge in [-0.15, -0.1) is 16.9 Å². The predicted octanol–water partition coefficient (Wildman–Crippen LogP) is 2.26. The number of thioether (sulfide) groups is 1. The van der Waals surface area contributed by atoms with Crippen molar-refractivity contribution in [3.05, 3.63) is 42.2 Å². The molecule has 0 amide bonds. The summed E-state index contributed by atoms with van der Waals surface area (Å²) < 4.78 is 1.85. The second-order valence-electron chi connectivity index (χ2n) is 4.75. The van der Waals surface area contributed by atoms with Crippen LogP contribution in [-0.2, 0) is 12.1 Å². The Hall–Kier alpha value is -1.33. The minimum absolute atomic E-state index is 0.426. The number of nitrogens with zero attached hydrogens (tertiary/aromatic N) is 3. The molecule has 2 rings (SSSR count). The van der Waals surface area contributed by atoms with Gasteiger partial charge in [0.25, 0.3) is 0 Å². The number of nitrogens with two attached hydrogens (primary N) is 1. The molecule has 4 nitrogen and oxygen atoms in total. The molecule has 0 bridgehead atoms. The summed E-state index contributed by atoms with van der Waals surface area (Å²) in [5, 5.41) is 8.18. The number of rotatable bonds is 5. The van der Waals surface area contributed by atoms with E-state index in [-0.39, 0.29) is 0 Å². The van der Waals surface area contributed by atoms with Gasteiger partial charge in [0, 0.05) is 10.6 Å². The van der Waals surface area contributed by atoms with Crippen LogP contribution in [0.25, 0.3) is 0 Å². The molecule has 0 aliphatic carbocycles. The van der Waals surface area contributed by atoms with Crippen molar-refractivity contribution in [3.63, 3.8) is 0 Å². The molecule has 0 saturated carbocycles. The highest BCUT2D eigenvalue weighted by atomic mass is 32.2. The summed E-state index contributed by atoms with van der Waals surface area (Å²) in [6, 6.07) is 10.3. The van der Waals surface area contributed by atoms with Crippen LogP contribution in [0.1, 0.15) is 19.5 Å². The van der Waals surface area contributed by atoms with Gasteiger partial charge < -0.3 is 5.73 Å². The molecule has 0 aliphatic rings. The van der Waals surface area contributed by atoms with E-state index in [9.17, 15) is 0 Å². The Morgan fingerprint density at radius 3 is 2.61 bits per heavy atom. The average molecular weight is 262 g/mol. The molecule has 96 valence electrons. The van der Waals surface area contributed by atoms with Crippen molar-refractivity contribution in [3.8, 4) is 0 Å². The number of hydrogen-bond acceptors (Lipinski definition) is 4. The van der Waals surface area contributed by atoms with E-state index >= 15 is 0 Å². The molecule has 5 heteroatoms. The molecule has 18 heavy (non-hydrogen) atoms. The topological polar surface area (TPSA) is 56.7 Å². The summed E-state index contributed by atoms with van der Waals surface area (Å²) in [7, 11) is 0. The van der Waals surface area contributed by atoms with E-state index in [1.54, 1.807) is 0 Å². The fourth-order valence-corrected chi connectivity index (χ4v) is 2.34. The zero-order valence-electron chi connectivity index (χ0n) is 10.7. The second kappa shape index (κ2) is 5.54. The third kappa shape index (κ3) is 3.58. The third-order valence-corrected chi connectivity index (χ3v) is 3.52. The van der Waals surface area contributed by atoms with Crippen LogP contribution >= 0.6 is 11.8 Å². The first-order valence-electron chi connectivity index (χ1n) is 5.93. The van der Waals surface area contributed by atoms with Crippen molar-refractivity contribution in [2.24, 2.45) is 5.73 Å². The highest BCUT2D eigenvalue weighted by molar-refractivity contribution is 7.99. The molecule has 0 unspecified atom stereocenters. The minimum Gasteiger partial charge on any atom is -0.320 e. The van der Waals surface area contributed by atoms with Crippen molar-refractivity contribution in [1.29, 1.82) is 0 Å². The molecule has 0 radical (unpaired) electrons. The number of hydrogen-bond donors (Lipinski definition) is 1. The van der Waals surface area contributed by atoms with Gasteiger partial charge in [0.15, 0.2) is 0 Å². The summed E-state index contributed by atoms with van der Waals surface area (Å²) in [5.41, 5.74) is 6.37. The van der Waals surface area contributed by atoms with E-state index < -0.39 is 5.54 Å². The van der Waals surface area contributed by atoms with Crippen molar-refractivity contribution in [2.75, 3.05) is 5.75 Å². The van der Waals surface area contributed by atoms with Gasteiger partial charge in [-0.05, 0) is 26.0 Å². The van der Waals surface area contributed by atoms with Gasteiger partial charge in [-0.25, -0.2) is 0 Å². The predicted molar refractivity (Wildman–Crippen MR) is 74.4 cm³/mol. The first-order valence-corrected chi connectivity index (χ1v) is 6.91. The molecule has 2 N–H and O–H groups in total. The van der Waals surface area contributed by atoms with Gasteiger partial charge in [-0.2, -0.15) is 0 Å². The second-order valence-corrected chi connectivity index (χ2v) is 5.92. The maximum Gasteiger partial charge on any atom is 0.102 e. The average Bonchev–Trinajstić information content (AvgIpc) is 2.79. The van der Waals surface area contributed by atoms with Crippen LogP contribution in [0.5, 0.6) is 0 Å². The van der Waals surface area contributed by atoms with Gasteiger partial charge in [0.05, 0.1) is 18.3 Å². The first kappa shape index (κ1) is 13.1. The van der Waals surface area contributed by atoms with Gasteiger partial charge >= 0.3 is 0 Å². The van der Waals surface area contributed by atoms with Crippen LogP contribution < -0.4 is 5.73 Å². The molecule has 0 aliphatic heterocycles. The van der Waals surface area contributed by atoms with Crippen LogP contribution in [0.2, 0.25) is 0 Å². The Labute approximate surface area is 112 Å². The smallest absolute Gasteiger partial charge is 0.102 e. The van der Waals surface area contributed by atoms with Crippen LogP contribution in [0.4, 0.5) is 0 Å². The van der Waals surface area contributed by atoms with Crippen molar-refractivity contribution < 1.29 is 0 Å². The molecule has 0 saturated heterocycles. The normalized spacial score (nSPS) is 11.7. The van der Waals surface area contributed by atoms with E-state index in [4.69, 9.17) is 5.73 Å². The van der Waals surface area contributed by atoms with Crippen LogP contribution in [0, 0.1) is 0 Å². The molecule has 1 heterocycles. The van der Waals surface area contributed by atoms with Crippen molar-refractivity contribution in [2.45, 2.75) is 30.8 Å². The molecule has 0 atom stereocenters. The lowest BCUT2D eigenvalue weighted by atomic mass is 10.0. The van der Waals surface area contributed by atoms with Crippen LogP contribution in [0.3, 0.4) is 0 Å². The highest BCUT2D eigenvalue weighted by Crippen LogP contribution is 2.17. The standard InChI is InChI=1S/C13H18N4S/c1-13(2,14)12-10-17(16-15-12)8-9-18-11-6-4-3-5-7-11/h3-7,10H,8-9,14H2,1-2H3. The first-order chi connectivity index (χ1) is 8.55. The van der Waals surface area contributed by atoms with Crippen molar-refractivity contribution in [1.82, 2.24) is 15.0 Å². The summed E-state index contributed by atoms with van der Waals surface area (Å²) in [6.45, 7) is 4.70.